The van der Waals surface area contributed by atoms with Crippen LogP contribution in [0.15, 0.2) is 23.1 Å². The van der Waals surface area contributed by atoms with Gasteiger partial charge in [0.05, 0.1) is 11.0 Å². The number of hydrogen-bond donors (Lipinski definition) is 1. The fraction of sp³-hybridized carbons (Fsp3) is 0.500. The van der Waals surface area contributed by atoms with Crippen LogP contribution in [0.25, 0.3) is 0 Å². The highest BCUT2D eigenvalue weighted by Gasteiger charge is 2.37. The van der Waals surface area contributed by atoms with Crippen LogP contribution in [0.4, 0.5) is 10.1 Å². The lowest BCUT2D eigenvalue weighted by molar-refractivity contribution is -0.390. The van der Waals surface area contributed by atoms with Gasteiger partial charge in [0, 0.05) is 13.1 Å². The number of aliphatic hydroxyl groups is 1. The van der Waals surface area contributed by atoms with Gasteiger partial charge in [-0.15, -0.1) is 0 Å². The maximum atomic E-state index is 13.6. The van der Waals surface area contributed by atoms with Gasteiger partial charge in [0.2, 0.25) is 15.8 Å². The third-order valence-electron chi connectivity index (χ3n) is 3.63. The standard InChI is InChI=1S/C12H15FN2O5S/c1-8-5-6-14(7-10(8)16)21(19,20)11-4-2-3-9(13)12(11)15(17)18/h2-4,8,10,16H,5-7H2,1H3. The fourth-order valence-corrected chi connectivity index (χ4v) is 3.90. The van der Waals surface area contributed by atoms with E-state index in [2.05, 4.69) is 0 Å². The molecule has 1 N–H and O–H groups in total. The van der Waals surface area contributed by atoms with Crippen molar-refractivity contribution in [2.45, 2.75) is 24.3 Å². The molecule has 7 nitrogen and oxygen atoms in total. The summed E-state index contributed by atoms with van der Waals surface area (Å²) in [5.41, 5.74) is -1.06. The first-order chi connectivity index (χ1) is 9.75. The molecule has 1 aromatic carbocycles. The van der Waals surface area contributed by atoms with Crippen LogP contribution in [-0.4, -0.2) is 41.9 Å². The molecule has 0 bridgehead atoms. The first-order valence-electron chi connectivity index (χ1n) is 6.36. The third-order valence-corrected chi connectivity index (χ3v) is 5.53. The zero-order chi connectivity index (χ0) is 15.8. The number of para-hydroxylation sites is 1. The van der Waals surface area contributed by atoms with Gasteiger partial charge in [0.1, 0.15) is 0 Å². The van der Waals surface area contributed by atoms with E-state index in [1.165, 1.54) is 0 Å². The highest BCUT2D eigenvalue weighted by molar-refractivity contribution is 7.89. The maximum Gasteiger partial charge on any atom is 0.324 e. The van der Waals surface area contributed by atoms with Crippen LogP contribution >= 0.6 is 0 Å². The molecule has 1 saturated heterocycles. The van der Waals surface area contributed by atoms with E-state index >= 15 is 0 Å². The Morgan fingerprint density at radius 3 is 2.71 bits per heavy atom. The second-order valence-corrected chi connectivity index (χ2v) is 6.95. The zero-order valence-corrected chi connectivity index (χ0v) is 12.1. The molecule has 2 unspecified atom stereocenters. The summed E-state index contributed by atoms with van der Waals surface area (Å²) < 4.78 is 39.4. The molecular weight excluding hydrogens is 303 g/mol. The minimum Gasteiger partial charge on any atom is -0.391 e. The third kappa shape index (κ3) is 2.89. The SMILES string of the molecule is CC1CCN(S(=O)(=O)c2cccc(F)c2[N+](=O)[O-])CC1O. The van der Waals surface area contributed by atoms with E-state index in [1.807, 2.05) is 0 Å². The number of rotatable bonds is 3. The van der Waals surface area contributed by atoms with E-state index in [9.17, 15) is 28.0 Å². The molecule has 1 aromatic rings. The summed E-state index contributed by atoms with van der Waals surface area (Å²) in [5.74, 6) is -1.26. The molecule has 0 saturated carbocycles. The van der Waals surface area contributed by atoms with Crippen molar-refractivity contribution >= 4 is 15.7 Å². The van der Waals surface area contributed by atoms with Crippen LogP contribution in [-0.2, 0) is 10.0 Å². The number of piperidine rings is 1. The van der Waals surface area contributed by atoms with Crippen LogP contribution < -0.4 is 0 Å². The number of nitrogens with zero attached hydrogens (tertiary/aromatic N) is 2. The van der Waals surface area contributed by atoms with E-state index in [-0.39, 0.29) is 19.0 Å². The zero-order valence-electron chi connectivity index (χ0n) is 11.3. The Kier molecular flexibility index (Phi) is 4.26. The second kappa shape index (κ2) is 5.66. The molecule has 1 aliphatic rings. The van der Waals surface area contributed by atoms with Gasteiger partial charge in [-0.1, -0.05) is 13.0 Å². The lowest BCUT2D eigenvalue weighted by atomic mass is 9.98. The normalized spacial score (nSPS) is 24.0. The molecule has 2 atom stereocenters. The topological polar surface area (TPSA) is 101 Å². The molecule has 0 aliphatic carbocycles. The van der Waals surface area contributed by atoms with E-state index < -0.39 is 37.5 Å². The van der Waals surface area contributed by atoms with E-state index in [4.69, 9.17) is 0 Å². The van der Waals surface area contributed by atoms with E-state index in [0.717, 1.165) is 22.5 Å². The van der Waals surface area contributed by atoms with Crippen molar-refractivity contribution in [2.75, 3.05) is 13.1 Å². The predicted octanol–water partition coefficient (Wildman–Crippen LogP) is 1.13. The quantitative estimate of drug-likeness (QED) is 0.665. The summed E-state index contributed by atoms with van der Waals surface area (Å²) in [6.45, 7) is 1.77. The number of sulfonamides is 1. The fourth-order valence-electron chi connectivity index (χ4n) is 2.26. The van der Waals surface area contributed by atoms with Gasteiger partial charge in [-0.25, -0.2) is 8.42 Å². The van der Waals surface area contributed by atoms with Crippen molar-refractivity contribution in [1.82, 2.24) is 4.31 Å². The van der Waals surface area contributed by atoms with Gasteiger partial charge < -0.3 is 5.11 Å². The second-order valence-electron chi connectivity index (χ2n) is 5.04. The Bertz CT molecular complexity index is 664. The van der Waals surface area contributed by atoms with Crippen molar-refractivity contribution in [2.24, 2.45) is 5.92 Å². The molecule has 9 heteroatoms. The van der Waals surface area contributed by atoms with Crippen LogP contribution in [0.1, 0.15) is 13.3 Å². The summed E-state index contributed by atoms with van der Waals surface area (Å²) in [6.07, 6.45) is -0.412. The molecule has 0 spiro atoms. The molecule has 1 aliphatic heterocycles. The summed E-state index contributed by atoms with van der Waals surface area (Å²) in [6, 6.07) is 2.95. The number of β-amino-alcohol motifs (C(OH)–C–C–N with tert-alkyl or cyclic N) is 1. The van der Waals surface area contributed by atoms with Crippen LogP contribution in [0.5, 0.6) is 0 Å². The summed E-state index contributed by atoms with van der Waals surface area (Å²) in [7, 11) is -4.22. The number of hydrogen-bond acceptors (Lipinski definition) is 5. The van der Waals surface area contributed by atoms with E-state index in [0.29, 0.717) is 6.42 Å². The minimum atomic E-state index is -4.22. The van der Waals surface area contributed by atoms with Gasteiger partial charge >= 0.3 is 5.69 Å². The number of nitro groups is 1. The molecule has 21 heavy (non-hydrogen) atoms. The Morgan fingerprint density at radius 1 is 1.48 bits per heavy atom. The molecule has 0 radical (unpaired) electrons. The van der Waals surface area contributed by atoms with Crippen molar-refractivity contribution in [3.05, 3.63) is 34.1 Å². The number of aliphatic hydroxyl groups excluding tert-OH is 1. The first-order valence-corrected chi connectivity index (χ1v) is 7.80. The van der Waals surface area contributed by atoms with Crippen molar-refractivity contribution in [3.63, 3.8) is 0 Å². The number of benzene rings is 1. The van der Waals surface area contributed by atoms with Crippen LogP contribution in [0.2, 0.25) is 0 Å². The van der Waals surface area contributed by atoms with Crippen LogP contribution in [0.3, 0.4) is 0 Å². The summed E-state index contributed by atoms with van der Waals surface area (Å²) in [4.78, 5) is 9.19. The van der Waals surface area contributed by atoms with Gasteiger partial charge in [-0.2, -0.15) is 8.70 Å². The molecule has 2 rings (SSSR count). The highest BCUT2D eigenvalue weighted by Crippen LogP contribution is 2.31. The Labute approximate surface area is 121 Å². The summed E-state index contributed by atoms with van der Waals surface area (Å²) in [5, 5.41) is 20.7. The van der Waals surface area contributed by atoms with Gasteiger partial charge in [0.25, 0.3) is 0 Å². The first kappa shape index (κ1) is 15.8. The molecule has 116 valence electrons. The summed E-state index contributed by atoms with van der Waals surface area (Å²) >= 11 is 0. The smallest absolute Gasteiger partial charge is 0.324 e. The Morgan fingerprint density at radius 2 is 2.14 bits per heavy atom. The van der Waals surface area contributed by atoms with Crippen molar-refractivity contribution < 1.29 is 22.8 Å². The predicted molar refractivity (Wildman–Crippen MR) is 71.6 cm³/mol. The van der Waals surface area contributed by atoms with Gasteiger partial charge in [-0.05, 0) is 24.5 Å². The Balaban J connectivity index is 2.46. The maximum absolute atomic E-state index is 13.6. The van der Waals surface area contributed by atoms with E-state index in [1.54, 1.807) is 6.92 Å². The average Bonchev–Trinajstić information content (AvgIpc) is 2.41. The van der Waals surface area contributed by atoms with Crippen molar-refractivity contribution in [3.8, 4) is 0 Å². The van der Waals surface area contributed by atoms with Gasteiger partial charge in [-0.3, -0.25) is 10.1 Å². The highest BCUT2D eigenvalue weighted by atomic mass is 32.2. The largest absolute Gasteiger partial charge is 0.391 e. The number of halogens is 1. The molecule has 0 aromatic heterocycles. The average molecular weight is 318 g/mol. The van der Waals surface area contributed by atoms with Gasteiger partial charge in [0.15, 0.2) is 4.90 Å². The van der Waals surface area contributed by atoms with Crippen LogP contribution in [0, 0.1) is 21.8 Å². The lowest BCUT2D eigenvalue weighted by Crippen LogP contribution is -2.45. The number of nitro benzene ring substituents is 1. The monoisotopic (exact) mass is 318 g/mol. The molecule has 1 heterocycles. The minimum absolute atomic E-state index is 0.0565. The van der Waals surface area contributed by atoms with Crippen molar-refractivity contribution in [1.29, 1.82) is 0 Å². The molecule has 0 amide bonds. The molecule has 1 fully saturated rings. The molecular formula is C12H15FN2O5S. The lowest BCUT2D eigenvalue weighted by Gasteiger charge is -2.33. The Hall–Kier alpha value is -1.58.